The number of benzene rings is 1. The minimum absolute atomic E-state index is 0.272. The minimum atomic E-state index is -0.272. The van der Waals surface area contributed by atoms with Crippen molar-refractivity contribution in [1.29, 1.82) is 0 Å². The number of amides is 1. The van der Waals surface area contributed by atoms with Gasteiger partial charge >= 0.3 is 6.09 Å². The summed E-state index contributed by atoms with van der Waals surface area (Å²) in [6.45, 7) is 1.50. The molecule has 0 spiro atoms. The molecular weight excluding hydrogens is 356 g/mol. The topological polar surface area (TPSA) is 42.4 Å². The molecule has 0 N–H and O–H groups in total. The van der Waals surface area contributed by atoms with Gasteiger partial charge in [-0.05, 0) is 45.6 Å². The van der Waals surface area contributed by atoms with Crippen LogP contribution in [-0.4, -0.2) is 29.1 Å². The van der Waals surface area contributed by atoms with Crippen LogP contribution in [0.5, 0.6) is 0 Å². The summed E-state index contributed by atoms with van der Waals surface area (Å²) in [5.74, 6) is 0. The Morgan fingerprint density at radius 3 is 2.70 bits per heavy atom. The van der Waals surface area contributed by atoms with Crippen molar-refractivity contribution in [2.24, 2.45) is 0 Å². The fraction of sp³-hybridized carbons (Fsp3) is 0.222. The molecule has 1 aromatic heterocycles. The highest BCUT2D eigenvalue weighted by Gasteiger charge is 2.19. The van der Waals surface area contributed by atoms with Gasteiger partial charge in [0.15, 0.2) is 0 Å². The van der Waals surface area contributed by atoms with E-state index in [4.69, 9.17) is 4.74 Å². The number of pyridine rings is 1. The average molecular weight is 373 g/mol. The molecule has 0 saturated carbocycles. The Balaban J connectivity index is 1.56. The highest BCUT2D eigenvalue weighted by atomic mass is 79.9. The Bertz CT molecular complexity index is 716. The number of ether oxygens (including phenoxy) is 1. The predicted octanol–water partition coefficient (Wildman–Crippen LogP) is 4.27. The van der Waals surface area contributed by atoms with Crippen LogP contribution in [0.4, 0.5) is 4.79 Å². The summed E-state index contributed by atoms with van der Waals surface area (Å²) >= 11 is 3.38. The second kappa shape index (κ2) is 7.42. The highest BCUT2D eigenvalue weighted by molar-refractivity contribution is 9.10. The van der Waals surface area contributed by atoms with Crippen LogP contribution in [0.15, 0.2) is 59.2 Å². The largest absolute Gasteiger partial charge is 0.445 e. The zero-order chi connectivity index (χ0) is 16.1. The maximum atomic E-state index is 12.1. The summed E-state index contributed by atoms with van der Waals surface area (Å²) < 4.78 is 6.18. The third-order valence-electron chi connectivity index (χ3n) is 3.72. The molecule has 1 amide bonds. The van der Waals surface area contributed by atoms with Crippen LogP contribution in [0, 0.1) is 0 Å². The second-order valence-electron chi connectivity index (χ2n) is 5.31. The lowest BCUT2D eigenvalue weighted by atomic mass is 10.0. The van der Waals surface area contributed by atoms with E-state index in [0.29, 0.717) is 19.7 Å². The normalized spacial score (nSPS) is 14.3. The van der Waals surface area contributed by atoms with Crippen molar-refractivity contribution in [3.8, 4) is 0 Å². The van der Waals surface area contributed by atoms with E-state index in [1.807, 2.05) is 54.6 Å². The van der Waals surface area contributed by atoms with Crippen molar-refractivity contribution in [3.05, 3.63) is 70.5 Å². The molecule has 0 fully saturated rings. The van der Waals surface area contributed by atoms with Gasteiger partial charge < -0.3 is 9.64 Å². The van der Waals surface area contributed by atoms with Gasteiger partial charge in [0.25, 0.3) is 0 Å². The molecule has 1 aromatic carbocycles. The zero-order valence-corrected chi connectivity index (χ0v) is 14.2. The van der Waals surface area contributed by atoms with Crippen LogP contribution in [0.3, 0.4) is 0 Å². The number of hydrogen-bond acceptors (Lipinski definition) is 3. The third kappa shape index (κ3) is 4.20. The third-order valence-corrected chi connectivity index (χ3v) is 4.16. The number of nitrogens with zero attached hydrogens (tertiary/aromatic N) is 2. The second-order valence-corrected chi connectivity index (χ2v) is 6.12. The fourth-order valence-electron chi connectivity index (χ4n) is 2.47. The van der Waals surface area contributed by atoms with Crippen LogP contribution in [0.25, 0.3) is 5.57 Å². The van der Waals surface area contributed by atoms with E-state index in [0.717, 1.165) is 22.3 Å². The molecule has 0 unspecified atom stereocenters. The lowest BCUT2D eigenvalue weighted by Gasteiger charge is -2.25. The molecule has 0 saturated heterocycles. The van der Waals surface area contributed by atoms with E-state index in [9.17, 15) is 4.79 Å². The van der Waals surface area contributed by atoms with Crippen LogP contribution in [-0.2, 0) is 11.3 Å². The van der Waals surface area contributed by atoms with Gasteiger partial charge in [-0.25, -0.2) is 9.78 Å². The maximum absolute atomic E-state index is 12.1. The summed E-state index contributed by atoms with van der Waals surface area (Å²) in [6.07, 6.45) is 2.55. The number of aromatic nitrogens is 1. The number of halogens is 1. The van der Waals surface area contributed by atoms with E-state index in [1.165, 1.54) is 5.57 Å². The average Bonchev–Trinajstić information content (AvgIpc) is 2.61. The van der Waals surface area contributed by atoms with E-state index in [2.05, 4.69) is 20.9 Å². The van der Waals surface area contributed by atoms with Gasteiger partial charge in [0, 0.05) is 13.1 Å². The number of rotatable bonds is 3. The van der Waals surface area contributed by atoms with Gasteiger partial charge in [-0.2, -0.15) is 0 Å². The van der Waals surface area contributed by atoms with Crippen molar-refractivity contribution >= 4 is 27.6 Å². The molecule has 4 nitrogen and oxygen atoms in total. The summed E-state index contributed by atoms with van der Waals surface area (Å²) in [5, 5.41) is 0. The molecule has 118 valence electrons. The van der Waals surface area contributed by atoms with Gasteiger partial charge in [-0.3, -0.25) is 0 Å². The minimum Gasteiger partial charge on any atom is -0.445 e. The van der Waals surface area contributed by atoms with Gasteiger partial charge in [0.2, 0.25) is 0 Å². The molecule has 23 heavy (non-hydrogen) atoms. The number of hydrogen-bond donors (Lipinski definition) is 0. The summed E-state index contributed by atoms with van der Waals surface area (Å²) in [7, 11) is 0. The van der Waals surface area contributed by atoms with Gasteiger partial charge in [0.05, 0.1) is 5.69 Å². The predicted molar refractivity (Wildman–Crippen MR) is 92.7 cm³/mol. The Hall–Kier alpha value is -2.14. The molecule has 1 aliphatic heterocycles. The lowest BCUT2D eigenvalue weighted by Crippen LogP contribution is -2.35. The molecular formula is C18H17BrN2O2. The zero-order valence-electron chi connectivity index (χ0n) is 12.6. The van der Waals surface area contributed by atoms with Gasteiger partial charge in [-0.15, -0.1) is 0 Å². The number of carbonyl (C=O) groups is 1. The molecule has 2 aromatic rings. The SMILES string of the molecule is O=C(OCc1ccccc1)N1CC=C(c2cccc(Br)n2)CC1. The number of carbonyl (C=O) groups excluding carboxylic acids is 1. The van der Waals surface area contributed by atoms with E-state index < -0.39 is 0 Å². The van der Waals surface area contributed by atoms with Crippen LogP contribution < -0.4 is 0 Å². The summed E-state index contributed by atoms with van der Waals surface area (Å²) in [5.41, 5.74) is 3.11. The van der Waals surface area contributed by atoms with Gasteiger partial charge in [-0.1, -0.05) is 42.5 Å². The molecule has 3 rings (SSSR count). The first-order chi connectivity index (χ1) is 11.2. The fourth-order valence-corrected chi connectivity index (χ4v) is 2.81. The van der Waals surface area contributed by atoms with Crippen LogP contribution >= 0.6 is 15.9 Å². The monoisotopic (exact) mass is 372 g/mol. The van der Waals surface area contributed by atoms with E-state index >= 15 is 0 Å². The Labute approximate surface area is 143 Å². The van der Waals surface area contributed by atoms with Crippen LogP contribution in [0.2, 0.25) is 0 Å². The molecule has 0 aliphatic carbocycles. The van der Waals surface area contributed by atoms with Crippen molar-refractivity contribution in [1.82, 2.24) is 9.88 Å². The summed E-state index contributed by atoms with van der Waals surface area (Å²) in [4.78, 5) is 18.3. The Morgan fingerprint density at radius 1 is 1.17 bits per heavy atom. The van der Waals surface area contributed by atoms with Crippen LogP contribution in [0.1, 0.15) is 17.7 Å². The van der Waals surface area contributed by atoms with Gasteiger partial charge in [0.1, 0.15) is 11.2 Å². The Kier molecular flexibility index (Phi) is 5.08. The first kappa shape index (κ1) is 15.7. The first-order valence-electron chi connectivity index (χ1n) is 7.50. The first-order valence-corrected chi connectivity index (χ1v) is 8.29. The highest BCUT2D eigenvalue weighted by Crippen LogP contribution is 2.22. The smallest absolute Gasteiger partial charge is 0.410 e. The quantitative estimate of drug-likeness (QED) is 0.755. The molecule has 0 atom stereocenters. The van der Waals surface area contributed by atoms with Crippen molar-refractivity contribution in [2.45, 2.75) is 13.0 Å². The molecule has 5 heteroatoms. The molecule has 0 bridgehead atoms. The molecule has 2 heterocycles. The molecule has 0 radical (unpaired) electrons. The van der Waals surface area contributed by atoms with E-state index in [-0.39, 0.29) is 6.09 Å². The van der Waals surface area contributed by atoms with Crippen molar-refractivity contribution in [2.75, 3.05) is 13.1 Å². The summed E-state index contributed by atoms with van der Waals surface area (Å²) in [6, 6.07) is 15.6. The van der Waals surface area contributed by atoms with Crippen molar-refractivity contribution < 1.29 is 9.53 Å². The van der Waals surface area contributed by atoms with E-state index in [1.54, 1.807) is 4.90 Å². The lowest BCUT2D eigenvalue weighted by molar-refractivity contribution is 0.0998. The molecule has 1 aliphatic rings. The Morgan fingerprint density at radius 2 is 2.00 bits per heavy atom. The van der Waals surface area contributed by atoms with Crippen molar-refractivity contribution in [3.63, 3.8) is 0 Å². The maximum Gasteiger partial charge on any atom is 0.410 e. The standard InChI is InChI=1S/C18H17BrN2O2/c19-17-8-4-7-16(20-17)15-9-11-21(12-10-15)18(22)23-13-14-5-2-1-3-6-14/h1-9H,10-13H2.